The van der Waals surface area contributed by atoms with E-state index in [2.05, 4.69) is 15.6 Å². The second kappa shape index (κ2) is 7.40. The summed E-state index contributed by atoms with van der Waals surface area (Å²) in [4.78, 5) is 3.47. The van der Waals surface area contributed by atoms with Crippen molar-refractivity contribution in [1.82, 2.24) is 10.3 Å². The van der Waals surface area contributed by atoms with Crippen LogP contribution in [-0.4, -0.2) is 15.6 Å². The van der Waals surface area contributed by atoms with Gasteiger partial charge in [-0.05, 0) is 70.1 Å². The minimum absolute atomic E-state index is 0.0539. The SMILES string of the molecule is Cc1cc(Oc2nc(C(F)(F)F)cs2)cc(C)c1NC(=S)NC(C)(C)C. The van der Waals surface area contributed by atoms with E-state index in [4.69, 9.17) is 17.0 Å². The number of ether oxygens (including phenoxy) is 1. The maximum absolute atomic E-state index is 12.6. The largest absolute Gasteiger partial charge is 0.434 e. The zero-order chi connectivity index (χ0) is 19.7. The third-order valence-electron chi connectivity index (χ3n) is 3.21. The lowest BCUT2D eigenvalue weighted by atomic mass is 10.1. The van der Waals surface area contributed by atoms with Crippen molar-refractivity contribution in [3.63, 3.8) is 0 Å². The summed E-state index contributed by atoms with van der Waals surface area (Å²) in [7, 11) is 0. The van der Waals surface area contributed by atoms with E-state index in [9.17, 15) is 13.2 Å². The summed E-state index contributed by atoms with van der Waals surface area (Å²) < 4.78 is 43.4. The predicted octanol–water partition coefficient (Wildman–Crippen LogP) is 5.66. The highest BCUT2D eigenvalue weighted by Gasteiger charge is 2.34. The normalized spacial score (nSPS) is 12.0. The Bertz CT molecular complexity index is 787. The van der Waals surface area contributed by atoms with Crippen molar-refractivity contribution in [2.45, 2.75) is 46.3 Å². The third kappa shape index (κ3) is 5.57. The van der Waals surface area contributed by atoms with Crippen LogP contribution in [-0.2, 0) is 6.18 Å². The number of thiazole rings is 1. The highest BCUT2D eigenvalue weighted by molar-refractivity contribution is 7.80. The van der Waals surface area contributed by atoms with Crippen LogP contribution in [0, 0.1) is 13.8 Å². The first-order valence-electron chi connectivity index (χ1n) is 7.76. The molecule has 0 atom stereocenters. The van der Waals surface area contributed by atoms with Crippen LogP contribution in [0.1, 0.15) is 37.6 Å². The molecule has 142 valence electrons. The van der Waals surface area contributed by atoms with Crippen LogP contribution in [0.25, 0.3) is 0 Å². The molecule has 2 N–H and O–H groups in total. The summed E-state index contributed by atoms with van der Waals surface area (Å²) in [5.41, 5.74) is 1.41. The standard InChI is InChI=1S/C17H20F3N3OS2/c1-9-6-11(24-15-21-12(8-26-15)17(18,19)20)7-10(2)13(9)22-14(25)23-16(3,4)5/h6-8H,1-5H3,(H2,22,23,25). The van der Waals surface area contributed by atoms with Crippen molar-refractivity contribution in [3.8, 4) is 10.9 Å². The van der Waals surface area contributed by atoms with E-state index in [0.717, 1.165) is 33.5 Å². The average molecular weight is 403 g/mol. The lowest BCUT2D eigenvalue weighted by Crippen LogP contribution is -2.43. The van der Waals surface area contributed by atoms with E-state index < -0.39 is 11.9 Å². The maximum Gasteiger partial charge on any atom is 0.434 e. The topological polar surface area (TPSA) is 46.2 Å². The molecule has 0 saturated heterocycles. The fourth-order valence-electron chi connectivity index (χ4n) is 2.20. The van der Waals surface area contributed by atoms with Gasteiger partial charge in [0, 0.05) is 16.6 Å². The summed E-state index contributed by atoms with van der Waals surface area (Å²) in [5, 5.41) is 7.69. The van der Waals surface area contributed by atoms with Crippen LogP contribution in [0.4, 0.5) is 18.9 Å². The Kier molecular flexibility index (Phi) is 5.82. The van der Waals surface area contributed by atoms with Crippen molar-refractivity contribution < 1.29 is 17.9 Å². The molecule has 1 aromatic heterocycles. The van der Waals surface area contributed by atoms with Crippen molar-refractivity contribution in [2.24, 2.45) is 0 Å². The van der Waals surface area contributed by atoms with Gasteiger partial charge in [0.05, 0.1) is 0 Å². The smallest absolute Gasteiger partial charge is 0.431 e. The number of benzene rings is 1. The molecule has 0 radical (unpaired) electrons. The minimum atomic E-state index is -4.48. The molecule has 0 fully saturated rings. The monoisotopic (exact) mass is 403 g/mol. The molecule has 1 aromatic carbocycles. The summed E-state index contributed by atoms with van der Waals surface area (Å²) >= 11 is 6.11. The first-order chi connectivity index (χ1) is 11.8. The van der Waals surface area contributed by atoms with Gasteiger partial charge in [0.2, 0.25) is 0 Å². The van der Waals surface area contributed by atoms with Gasteiger partial charge in [-0.25, -0.2) is 0 Å². The van der Waals surface area contributed by atoms with Crippen LogP contribution < -0.4 is 15.4 Å². The number of nitrogens with one attached hydrogen (secondary N) is 2. The van der Waals surface area contributed by atoms with Crippen LogP contribution in [0.2, 0.25) is 0 Å². The highest BCUT2D eigenvalue weighted by Crippen LogP contribution is 2.35. The molecule has 4 nitrogen and oxygen atoms in total. The molecule has 26 heavy (non-hydrogen) atoms. The average Bonchev–Trinajstić information content (AvgIpc) is 2.89. The highest BCUT2D eigenvalue weighted by atomic mass is 32.1. The Balaban J connectivity index is 2.16. The van der Waals surface area contributed by atoms with Crippen LogP contribution in [0.5, 0.6) is 10.9 Å². The number of aromatic nitrogens is 1. The van der Waals surface area contributed by atoms with Gasteiger partial charge < -0.3 is 15.4 Å². The Labute approximate surface area is 159 Å². The molecule has 9 heteroatoms. The first kappa shape index (κ1) is 20.4. The Morgan fingerprint density at radius 3 is 2.19 bits per heavy atom. The van der Waals surface area contributed by atoms with Gasteiger partial charge in [-0.15, -0.1) is 0 Å². The second-order valence-corrected chi connectivity index (χ2v) is 8.09. The van der Waals surface area contributed by atoms with Crippen LogP contribution in [0.15, 0.2) is 17.5 Å². The van der Waals surface area contributed by atoms with E-state index >= 15 is 0 Å². The van der Waals surface area contributed by atoms with E-state index in [-0.39, 0.29) is 10.7 Å². The van der Waals surface area contributed by atoms with E-state index in [1.165, 1.54) is 0 Å². The van der Waals surface area contributed by atoms with Crippen molar-refractivity contribution in [3.05, 3.63) is 34.3 Å². The molecule has 0 unspecified atom stereocenters. The number of hydrogen-bond acceptors (Lipinski definition) is 4. The van der Waals surface area contributed by atoms with E-state index in [0.29, 0.717) is 10.9 Å². The van der Waals surface area contributed by atoms with Crippen molar-refractivity contribution in [1.29, 1.82) is 0 Å². The zero-order valence-corrected chi connectivity index (χ0v) is 16.7. The molecule has 1 heterocycles. The molecule has 0 aliphatic rings. The van der Waals surface area contributed by atoms with Crippen LogP contribution >= 0.6 is 23.6 Å². The summed E-state index contributed by atoms with van der Waals surface area (Å²) in [6, 6.07) is 3.45. The quantitative estimate of drug-likeness (QED) is 0.648. The Morgan fingerprint density at radius 1 is 1.15 bits per heavy atom. The number of thiocarbonyl (C=S) groups is 1. The third-order valence-corrected chi connectivity index (χ3v) is 4.13. The molecular formula is C17H20F3N3OS2. The van der Waals surface area contributed by atoms with Gasteiger partial charge in [-0.3, -0.25) is 0 Å². The number of halogens is 3. The van der Waals surface area contributed by atoms with Gasteiger partial charge in [-0.2, -0.15) is 18.2 Å². The molecule has 0 bridgehead atoms. The number of rotatable bonds is 3. The van der Waals surface area contributed by atoms with Gasteiger partial charge in [-0.1, -0.05) is 11.3 Å². The lowest BCUT2D eigenvalue weighted by Gasteiger charge is -2.24. The van der Waals surface area contributed by atoms with Gasteiger partial charge in [0.15, 0.2) is 10.8 Å². The molecule has 0 aliphatic heterocycles. The van der Waals surface area contributed by atoms with E-state index in [1.54, 1.807) is 12.1 Å². The Hall–Kier alpha value is -1.87. The number of aryl methyl sites for hydroxylation is 2. The zero-order valence-electron chi connectivity index (χ0n) is 15.0. The molecule has 0 saturated carbocycles. The number of alkyl halides is 3. The number of anilines is 1. The first-order valence-corrected chi connectivity index (χ1v) is 9.05. The van der Waals surface area contributed by atoms with Gasteiger partial charge in [0.25, 0.3) is 5.19 Å². The summed E-state index contributed by atoms with van der Waals surface area (Å²) in [6.07, 6.45) is -4.48. The van der Waals surface area contributed by atoms with Gasteiger partial charge in [0.1, 0.15) is 5.75 Å². The Morgan fingerprint density at radius 2 is 1.73 bits per heavy atom. The van der Waals surface area contributed by atoms with Gasteiger partial charge >= 0.3 is 6.18 Å². The summed E-state index contributed by atoms with van der Waals surface area (Å²) in [6.45, 7) is 9.73. The van der Waals surface area contributed by atoms with Crippen molar-refractivity contribution in [2.75, 3.05) is 5.32 Å². The van der Waals surface area contributed by atoms with Crippen molar-refractivity contribution >= 4 is 34.4 Å². The molecule has 0 aliphatic carbocycles. The second-order valence-electron chi connectivity index (χ2n) is 6.86. The minimum Gasteiger partial charge on any atom is -0.431 e. The summed E-state index contributed by atoms with van der Waals surface area (Å²) in [5.74, 6) is 0.420. The molecule has 0 spiro atoms. The van der Waals surface area contributed by atoms with E-state index in [1.807, 2.05) is 34.6 Å². The molecule has 0 amide bonds. The predicted molar refractivity (Wildman–Crippen MR) is 102 cm³/mol. The van der Waals surface area contributed by atoms with Crippen LogP contribution in [0.3, 0.4) is 0 Å². The lowest BCUT2D eigenvalue weighted by molar-refractivity contribution is -0.140. The molecule has 2 aromatic rings. The number of hydrogen-bond donors (Lipinski definition) is 2. The maximum atomic E-state index is 12.6. The fraction of sp³-hybridized carbons (Fsp3) is 0.412. The molecular weight excluding hydrogens is 383 g/mol. The molecule has 2 rings (SSSR count). The fourth-order valence-corrected chi connectivity index (χ4v) is 3.30. The number of nitrogens with zero attached hydrogens (tertiary/aromatic N) is 1.